The van der Waals surface area contributed by atoms with Crippen LogP contribution in [0.25, 0.3) is 0 Å². The Hall–Kier alpha value is -1.60. The second kappa shape index (κ2) is 4.58. The SMILES string of the molecule is N#Cc1cc2c(nc1N1CCCC1CN)CCC2. The maximum atomic E-state index is 9.32. The lowest BCUT2D eigenvalue weighted by Gasteiger charge is -2.26. The summed E-state index contributed by atoms with van der Waals surface area (Å²) < 4.78 is 0. The van der Waals surface area contributed by atoms with Gasteiger partial charge < -0.3 is 10.6 Å². The van der Waals surface area contributed by atoms with Crippen LogP contribution in [0, 0.1) is 11.3 Å². The van der Waals surface area contributed by atoms with Crippen molar-refractivity contribution in [1.82, 2.24) is 4.98 Å². The van der Waals surface area contributed by atoms with Crippen LogP contribution >= 0.6 is 0 Å². The van der Waals surface area contributed by atoms with E-state index in [0.717, 1.165) is 50.0 Å². The van der Waals surface area contributed by atoms with Crippen molar-refractivity contribution in [2.24, 2.45) is 5.73 Å². The molecule has 0 amide bonds. The summed E-state index contributed by atoms with van der Waals surface area (Å²) in [7, 11) is 0. The number of pyridine rings is 1. The molecule has 2 heterocycles. The van der Waals surface area contributed by atoms with Gasteiger partial charge in [0.1, 0.15) is 11.9 Å². The summed E-state index contributed by atoms with van der Waals surface area (Å²) in [6.45, 7) is 1.62. The Bertz CT molecular complexity index is 503. The molecular weight excluding hydrogens is 224 g/mol. The van der Waals surface area contributed by atoms with Gasteiger partial charge in [0.2, 0.25) is 0 Å². The molecule has 1 atom stereocenters. The zero-order valence-electron chi connectivity index (χ0n) is 10.5. The van der Waals surface area contributed by atoms with E-state index in [2.05, 4.69) is 11.0 Å². The van der Waals surface area contributed by atoms with E-state index in [-0.39, 0.29) is 0 Å². The summed E-state index contributed by atoms with van der Waals surface area (Å²) >= 11 is 0. The summed E-state index contributed by atoms with van der Waals surface area (Å²) in [6.07, 6.45) is 5.54. The Morgan fingerprint density at radius 1 is 1.44 bits per heavy atom. The molecule has 3 rings (SSSR count). The van der Waals surface area contributed by atoms with Gasteiger partial charge in [-0.25, -0.2) is 4.98 Å². The number of fused-ring (bicyclic) bond motifs is 1. The topological polar surface area (TPSA) is 65.9 Å². The molecule has 2 N–H and O–H groups in total. The van der Waals surface area contributed by atoms with Crippen molar-refractivity contribution < 1.29 is 0 Å². The molecule has 0 saturated carbocycles. The summed E-state index contributed by atoms with van der Waals surface area (Å²) in [5, 5.41) is 9.32. The van der Waals surface area contributed by atoms with Crippen LogP contribution < -0.4 is 10.6 Å². The molecule has 1 aliphatic heterocycles. The van der Waals surface area contributed by atoms with Crippen LogP contribution in [0.15, 0.2) is 6.07 Å². The normalized spacial score (nSPS) is 22.0. The molecule has 1 unspecified atom stereocenters. The molecule has 0 aromatic carbocycles. The molecule has 18 heavy (non-hydrogen) atoms. The van der Waals surface area contributed by atoms with E-state index in [1.54, 1.807) is 0 Å². The number of anilines is 1. The highest BCUT2D eigenvalue weighted by atomic mass is 15.2. The number of aromatic nitrogens is 1. The maximum absolute atomic E-state index is 9.32. The molecule has 1 saturated heterocycles. The highest BCUT2D eigenvalue weighted by Gasteiger charge is 2.28. The molecule has 0 spiro atoms. The Morgan fingerprint density at radius 2 is 2.33 bits per heavy atom. The minimum Gasteiger partial charge on any atom is -0.351 e. The second-order valence-electron chi connectivity index (χ2n) is 5.16. The van der Waals surface area contributed by atoms with Crippen molar-refractivity contribution >= 4 is 5.82 Å². The van der Waals surface area contributed by atoms with Crippen molar-refractivity contribution in [1.29, 1.82) is 5.26 Å². The minimum atomic E-state index is 0.351. The number of nitrogens with zero attached hydrogens (tertiary/aromatic N) is 3. The van der Waals surface area contributed by atoms with E-state index in [9.17, 15) is 5.26 Å². The Labute approximate surface area is 107 Å². The predicted molar refractivity (Wildman–Crippen MR) is 70.4 cm³/mol. The lowest BCUT2D eigenvalue weighted by Crippen LogP contribution is -2.36. The zero-order chi connectivity index (χ0) is 12.5. The van der Waals surface area contributed by atoms with Crippen LogP contribution in [0.3, 0.4) is 0 Å². The van der Waals surface area contributed by atoms with E-state index >= 15 is 0 Å². The highest BCUT2D eigenvalue weighted by Crippen LogP contribution is 2.30. The fourth-order valence-corrected chi connectivity index (χ4v) is 3.12. The van der Waals surface area contributed by atoms with E-state index in [1.165, 1.54) is 11.3 Å². The third-order valence-electron chi connectivity index (χ3n) is 4.07. The third-order valence-corrected chi connectivity index (χ3v) is 4.07. The predicted octanol–water partition coefficient (Wildman–Crippen LogP) is 1.37. The van der Waals surface area contributed by atoms with Gasteiger partial charge in [-0.3, -0.25) is 0 Å². The number of hydrogen-bond donors (Lipinski definition) is 1. The number of aryl methyl sites for hydroxylation is 2. The number of hydrogen-bond acceptors (Lipinski definition) is 4. The standard InChI is InChI=1S/C14H18N4/c15-8-11-7-10-3-1-5-13(10)17-14(11)18-6-2-4-12(18)9-16/h7,12H,1-6,9,16H2. The first kappa shape index (κ1) is 11.5. The van der Waals surface area contributed by atoms with Gasteiger partial charge in [0.05, 0.1) is 5.56 Å². The monoisotopic (exact) mass is 242 g/mol. The van der Waals surface area contributed by atoms with Crippen molar-refractivity contribution in [3.63, 3.8) is 0 Å². The molecule has 2 aliphatic rings. The molecule has 0 bridgehead atoms. The fraction of sp³-hybridized carbons (Fsp3) is 0.571. The van der Waals surface area contributed by atoms with Gasteiger partial charge in [-0.2, -0.15) is 5.26 Å². The maximum Gasteiger partial charge on any atom is 0.147 e. The van der Waals surface area contributed by atoms with Gasteiger partial charge in [-0.05, 0) is 43.7 Å². The van der Waals surface area contributed by atoms with Crippen LogP contribution in [0.1, 0.15) is 36.1 Å². The van der Waals surface area contributed by atoms with Gasteiger partial charge in [0, 0.05) is 24.8 Å². The van der Waals surface area contributed by atoms with Crippen molar-refractivity contribution in [3.8, 4) is 6.07 Å². The number of nitrogens with two attached hydrogens (primary N) is 1. The highest BCUT2D eigenvalue weighted by molar-refractivity contribution is 5.58. The molecule has 0 radical (unpaired) electrons. The van der Waals surface area contributed by atoms with Crippen molar-refractivity contribution in [2.45, 2.75) is 38.1 Å². The van der Waals surface area contributed by atoms with E-state index in [4.69, 9.17) is 10.7 Å². The lowest BCUT2D eigenvalue weighted by atomic mass is 10.1. The quantitative estimate of drug-likeness (QED) is 0.850. The van der Waals surface area contributed by atoms with Crippen LogP contribution in [-0.2, 0) is 12.8 Å². The lowest BCUT2D eigenvalue weighted by molar-refractivity contribution is 0.670. The molecular formula is C14H18N4. The van der Waals surface area contributed by atoms with Gasteiger partial charge in [-0.15, -0.1) is 0 Å². The zero-order valence-corrected chi connectivity index (χ0v) is 10.5. The summed E-state index contributed by atoms with van der Waals surface area (Å²) in [5.41, 5.74) is 8.98. The van der Waals surface area contributed by atoms with Gasteiger partial charge in [0.15, 0.2) is 0 Å². The van der Waals surface area contributed by atoms with Crippen LogP contribution in [-0.4, -0.2) is 24.1 Å². The molecule has 1 aromatic heterocycles. The van der Waals surface area contributed by atoms with E-state index < -0.39 is 0 Å². The molecule has 94 valence electrons. The summed E-state index contributed by atoms with van der Waals surface area (Å²) in [6, 6.07) is 4.69. The number of rotatable bonds is 2. The number of nitriles is 1. The third kappa shape index (κ3) is 1.75. The molecule has 1 fully saturated rings. The van der Waals surface area contributed by atoms with Gasteiger partial charge in [-0.1, -0.05) is 0 Å². The Kier molecular flexibility index (Phi) is 2.92. The van der Waals surface area contributed by atoms with Crippen LogP contribution in [0.4, 0.5) is 5.82 Å². The summed E-state index contributed by atoms with van der Waals surface area (Å²) in [5.74, 6) is 0.867. The smallest absolute Gasteiger partial charge is 0.147 e. The first-order valence-electron chi connectivity index (χ1n) is 6.73. The summed E-state index contributed by atoms with van der Waals surface area (Å²) in [4.78, 5) is 6.99. The van der Waals surface area contributed by atoms with Crippen molar-refractivity contribution in [3.05, 3.63) is 22.9 Å². The molecule has 4 heteroatoms. The average molecular weight is 242 g/mol. The molecule has 1 aromatic rings. The Balaban J connectivity index is 2.03. The van der Waals surface area contributed by atoms with Gasteiger partial charge in [0.25, 0.3) is 0 Å². The van der Waals surface area contributed by atoms with Crippen molar-refractivity contribution in [2.75, 3.05) is 18.0 Å². The first-order valence-corrected chi connectivity index (χ1v) is 6.73. The van der Waals surface area contributed by atoms with Gasteiger partial charge >= 0.3 is 0 Å². The minimum absolute atomic E-state index is 0.351. The van der Waals surface area contributed by atoms with Crippen LogP contribution in [0.5, 0.6) is 0 Å². The van der Waals surface area contributed by atoms with E-state index in [0.29, 0.717) is 12.6 Å². The first-order chi connectivity index (χ1) is 8.83. The second-order valence-corrected chi connectivity index (χ2v) is 5.16. The van der Waals surface area contributed by atoms with E-state index in [1.807, 2.05) is 6.07 Å². The molecule has 1 aliphatic carbocycles. The Morgan fingerprint density at radius 3 is 3.11 bits per heavy atom. The fourth-order valence-electron chi connectivity index (χ4n) is 3.12. The average Bonchev–Trinajstić information content (AvgIpc) is 3.04. The van der Waals surface area contributed by atoms with Crippen LogP contribution in [0.2, 0.25) is 0 Å². The molecule has 4 nitrogen and oxygen atoms in total. The largest absolute Gasteiger partial charge is 0.351 e.